The Balaban J connectivity index is 2.49. The molecule has 0 aromatic heterocycles. The van der Waals surface area contributed by atoms with Gasteiger partial charge in [-0.2, -0.15) is 0 Å². The van der Waals surface area contributed by atoms with E-state index in [0.29, 0.717) is 11.3 Å². The van der Waals surface area contributed by atoms with Gasteiger partial charge < -0.3 is 9.47 Å². The van der Waals surface area contributed by atoms with E-state index in [9.17, 15) is 9.59 Å². The van der Waals surface area contributed by atoms with Gasteiger partial charge in [0.25, 0.3) is 0 Å². The van der Waals surface area contributed by atoms with Crippen LogP contribution in [0.3, 0.4) is 0 Å². The Morgan fingerprint density at radius 1 is 1.14 bits per heavy atom. The van der Waals surface area contributed by atoms with Gasteiger partial charge >= 0.3 is 5.97 Å². The van der Waals surface area contributed by atoms with Gasteiger partial charge in [-0.15, -0.1) is 0 Å². The zero-order valence-electron chi connectivity index (χ0n) is 12.0. The Labute approximate surface area is 123 Å². The average molecular weight is 284 g/mol. The Bertz CT molecular complexity index is 662. The van der Waals surface area contributed by atoms with Gasteiger partial charge in [0.2, 0.25) is 0 Å². The molecule has 0 unspecified atom stereocenters. The molecular formula is C17H16O4. The van der Waals surface area contributed by atoms with Gasteiger partial charge in [-0.25, -0.2) is 0 Å². The molecule has 0 spiro atoms. The Hall–Kier alpha value is -2.62. The summed E-state index contributed by atoms with van der Waals surface area (Å²) >= 11 is 0. The van der Waals surface area contributed by atoms with Gasteiger partial charge in [-0.05, 0) is 17.2 Å². The van der Waals surface area contributed by atoms with Crippen molar-refractivity contribution < 1.29 is 19.1 Å². The van der Waals surface area contributed by atoms with Gasteiger partial charge in [-0.1, -0.05) is 36.4 Å². The monoisotopic (exact) mass is 284 g/mol. The summed E-state index contributed by atoms with van der Waals surface area (Å²) in [6, 6.07) is 12.7. The molecule has 0 saturated carbocycles. The Kier molecular flexibility index (Phi) is 4.72. The number of hydrogen-bond donors (Lipinski definition) is 0. The van der Waals surface area contributed by atoms with Crippen molar-refractivity contribution in [3.8, 4) is 16.9 Å². The lowest BCUT2D eigenvalue weighted by Gasteiger charge is -2.12. The van der Waals surface area contributed by atoms with Crippen LogP contribution in [-0.2, 0) is 16.0 Å². The first kappa shape index (κ1) is 14.8. The fraction of sp³-hybridized carbons (Fsp3) is 0.176. The molecule has 2 rings (SSSR count). The number of benzene rings is 2. The van der Waals surface area contributed by atoms with E-state index < -0.39 is 0 Å². The van der Waals surface area contributed by atoms with Crippen LogP contribution in [-0.4, -0.2) is 26.5 Å². The highest BCUT2D eigenvalue weighted by atomic mass is 16.5. The highest BCUT2D eigenvalue weighted by molar-refractivity contribution is 5.90. The van der Waals surface area contributed by atoms with Crippen LogP contribution in [0.15, 0.2) is 42.5 Å². The summed E-state index contributed by atoms with van der Waals surface area (Å²) < 4.78 is 10.0. The second-order valence-corrected chi connectivity index (χ2v) is 4.50. The third-order valence-corrected chi connectivity index (χ3v) is 3.20. The molecule has 0 radical (unpaired) electrons. The number of carbonyl (C=O) groups is 2. The van der Waals surface area contributed by atoms with E-state index in [0.717, 1.165) is 23.0 Å². The van der Waals surface area contributed by atoms with E-state index in [1.54, 1.807) is 25.3 Å². The van der Waals surface area contributed by atoms with Gasteiger partial charge in [0.15, 0.2) is 6.29 Å². The molecule has 0 bridgehead atoms. The summed E-state index contributed by atoms with van der Waals surface area (Å²) in [5, 5.41) is 0. The lowest BCUT2D eigenvalue weighted by molar-refractivity contribution is -0.139. The molecule has 0 N–H and O–H groups in total. The van der Waals surface area contributed by atoms with Crippen LogP contribution < -0.4 is 4.74 Å². The van der Waals surface area contributed by atoms with Gasteiger partial charge in [0.1, 0.15) is 5.75 Å². The summed E-state index contributed by atoms with van der Waals surface area (Å²) in [6.07, 6.45) is 0.987. The summed E-state index contributed by atoms with van der Waals surface area (Å²) in [6.45, 7) is 0. The number of esters is 1. The highest BCUT2D eigenvalue weighted by Crippen LogP contribution is 2.33. The summed E-state index contributed by atoms with van der Waals surface area (Å²) in [5.41, 5.74) is 2.92. The molecule has 21 heavy (non-hydrogen) atoms. The van der Waals surface area contributed by atoms with Crippen molar-refractivity contribution in [2.75, 3.05) is 14.2 Å². The van der Waals surface area contributed by atoms with Crippen LogP contribution in [0.5, 0.6) is 5.75 Å². The van der Waals surface area contributed by atoms with E-state index in [-0.39, 0.29) is 12.4 Å². The number of methoxy groups -OCH3 is 2. The zero-order chi connectivity index (χ0) is 15.2. The van der Waals surface area contributed by atoms with Crippen molar-refractivity contribution in [3.63, 3.8) is 0 Å². The van der Waals surface area contributed by atoms with Gasteiger partial charge in [-0.3, -0.25) is 9.59 Å². The molecule has 0 aliphatic carbocycles. The second-order valence-electron chi connectivity index (χ2n) is 4.50. The van der Waals surface area contributed by atoms with Crippen molar-refractivity contribution in [2.45, 2.75) is 6.42 Å². The minimum Gasteiger partial charge on any atom is -0.496 e. The first-order chi connectivity index (χ1) is 10.2. The first-order valence-electron chi connectivity index (χ1n) is 6.48. The number of carbonyl (C=O) groups excluding carboxylic acids is 2. The molecular weight excluding hydrogens is 268 g/mol. The van der Waals surface area contributed by atoms with E-state index in [1.807, 2.05) is 24.3 Å². The van der Waals surface area contributed by atoms with Crippen molar-refractivity contribution >= 4 is 12.3 Å². The Morgan fingerprint density at radius 2 is 1.90 bits per heavy atom. The predicted octanol–water partition coefficient (Wildman–Crippen LogP) is 2.89. The molecule has 108 valence electrons. The molecule has 2 aromatic carbocycles. The Morgan fingerprint density at radius 3 is 2.57 bits per heavy atom. The minimum absolute atomic E-state index is 0.190. The molecule has 4 nitrogen and oxygen atoms in total. The number of ether oxygens (including phenoxy) is 2. The summed E-state index contributed by atoms with van der Waals surface area (Å²) in [4.78, 5) is 22.6. The van der Waals surface area contributed by atoms with Crippen LogP contribution in [0.4, 0.5) is 0 Å². The number of rotatable bonds is 5. The third kappa shape index (κ3) is 3.28. The van der Waals surface area contributed by atoms with Crippen molar-refractivity contribution in [1.82, 2.24) is 0 Å². The molecule has 0 amide bonds. The lowest BCUT2D eigenvalue weighted by atomic mass is 9.97. The highest BCUT2D eigenvalue weighted by Gasteiger charge is 2.12. The lowest BCUT2D eigenvalue weighted by Crippen LogP contribution is -2.04. The first-order valence-corrected chi connectivity index (χ1v) is 6.48. The molecule has 2 aromatic rings. The molecule has 0 heterocycles. The maximum atomic E-state index is 11.4. The van der Waals surface area contributed by atoms with Crippen LogP contribution in [0.2, 0.25) is 0 Å². The summed E-state index contributed by atoms with van der Waals surface area (Å²) in [7, 11) is 2.92. The molecule has 0 aliphatic rings. The van der Waals surface area contributed by atoms with Crippen LogP contribution in [0, 0.1) is 0 Å². The number of aldehydes is 1. The maximum absolute atomic E-state index is 11.4. The predicted molar refractivity (Wildman–Crippen MR) is 79.5 cm³/mol. The second kappa shape index (κ2) is 6.70. The van der Waals surface area contributed by atoms with Gasteiger partial charge in [0, 0.05) is 11.1 Å². The molecule has 0 saturated heterocycles. The standard InChI is InChI=1S/C17H16O4/c1-20-15-8-4-7-14(11-18)17(15)13-6-3-5-12(9-13)10-16(19)21-2/h3-9,11H,10H2,1-2H3. The number of hydrogen-bond acceptors (Lipinski definition) is 4. The van der Waals surface area contributed by atoms with E-state index in [1.165, 1.54) is 7.11 Å². The van der Waals surface area contributed by atoms with Crippen molar-refractivity contribution in [3.05, 3.63) is 53.6 Å². The fourth-order valence-electron chi connectivity index (χ4n) is 2.20. The minimum atomic E-state index is -0.303. The summed E-state index contributed by atoms with van der Waals surface area (Å²) in [5.74, 6) is 0.317. The normalized spacial score (nSPS) is 10.0. The molecule has 0 fully saturated rings. The van der Waals surface area contributed by atoms with E-state index in [2.05, 4.69) is 4.74 Å². The van der Waals surface area contributed by atoms with Crippen LogP contribution >= 0.6 is 0 Å². The quantitative estimate of drug-likeness (QED) is 0.626. The van der Waals surface area contributed by atoms with Crippen molar-refractivity contribution in [2.24, 2.45) is 0 Å². The van der Waals surface area contributed by atoms with E-state index >= 15 is 0 Å². The maximum Gasteiger partial charge on any atom is 0.309 e. The van der Waals surface area contributed by atoms with Crippen LogP contribution in [0.1, 0.15) is 15.9 Å². The molecule has 0 atom stereocenters. The zero-order valence-corrected chi connectivity index (χ0v) is 12.0. The largest absolute Gasteiger partial charge is 0.496 e. The van der Waals surface area contributed by atoms with Crippen molar-refractivity contribution in [1.29, 1.82) is 0 Å². The van der Waals surface area contributed by atoms with Crippen LogP contribution in [0.25, 0.3) is 11.1 Å². The smallest absolute Gasteiger partial charge is 0.309 e. The average Bonchev–Trinajstić information content (AvgIpc) is 2.54. The van der Waals surface area contributed by atoms with Gasteiger partial charge in [0.05, 0.1) is 20.6 Å². The van der Waals surface area contributed by atoms with E-state index in [4.69, 9.17) is 4.74 Å². The molecule has 0 aliphatic heterocycles. The fourth-order valence-corrected chi connectivity index (χ4v) is 2.20. The third-order valence-electron chi connectivity index (χ3n) is 3.20. The topological polar surface area (TPSA) is 52.6 Å². The molecule has 4 heteroatoms. The SMILES string of the molecule is COC(=O)Cc1cccc(-c2c(C=O)cccc2OC)c1.